The Balaban J connectivity index is 2.73. The van der Waals surface area contributed by atoms with E-state index in [1.54, 1.807) is 48.5 Å². The Hall–Kier alpha value is -1.22. The minimum atomic E-state index is -1.81. The third kappa shape index (κ3) is 2.44. The number of halogens is 3. The Morgan fingerprint density at radius 2 is 1.26 bits per heavy atom. The van der Waals surface area contributed by atoms with Crippen LogP contribution < -0.4 is 0 Å². The first-order chi connectivity index (χ1) is 8.98. The number of alkyl halides is 1. The van der Waals surface area contributed by atoms with E-state index in [0.717, 1.165) is 0 Å². The SMILES string of the molecule is O=C(O)C(Cl)(c1ccccc1Cl)c1ccccc1Cl. The highest BCUT2D eigenvalue weighted by atomic mass is 35.5. The third-order valence-electron chi connectivity index (χ3n) is 2.78. The van der Waals surface area contributed by atoms with Crippen molar-refractivity contribution in [1.82, 2.24) is 0 Å². The lowest BCUT2D eigenvalue weighted by molar-refractivity contribution is -0.139. The maximum absolute atomic E-state index is 11.7. The van der Waals surface area contributed by atoms with Crippen molar-refractivity contribution < 1.29 is 9.90 Å². The molecule has 0 aliphatic rings. The normalized spacial score (nSPS) is 11.3. The van der Waals surface area contributed by atoms with Gasteiger partial charge in [-0.15, -0.1) is 0 Å². The molecule has 0 amide bonds. The molecule has 0 heterocycles. The zero-order valence-electron chi connectivity index (χ0n) is 9.61. The molecule has 0 atom stereocenters. The Morgan fingerprint density at radius 3 is 1.58 bits per heavy atom. The Morgan fingerprint density at radius 1 is 0.895 bits per heavy atom. The zero-order chi connectivity index (χ0) is 14.0. The lowest BCUT2D eigenvalue weighted by Gasteiger charge is -2.25. The number of benzene rings is 2. The molecule has 5 heteroatoms. The van der Waals surface area contributed by atoms with Crippen LogP contribution in [-0.2, 0) is 9.67 Å². The molecular formula is C14H9Cl3O2. The maximum Gasteiger partial charge on any atom is 0.334 e. The van der Waals surface area contributed by atoms with Crippen molar-refractivity contribution >= 4 is 40.8 Å². The van der Waals surface area contributed by atoms with E-state index in [4.69, 9.17) is 34.8 Å². The van der Waals surface area contributed by atoms with E-state index in [9.17, 15) is 9.90 Å². The van der Waals surface area contributed by atoms with Gasteiger partial charge in [0.15, 0.2) is 4.87 Å². The van der Waals surface area contributed by atoms with E-state index in [1.165, 1.54) is 0 Å². The van der Waals surface area contributed by atoms with Gasteiger partial charge in [-0.2, -0.15) is 0 Å². The lowest BCUT2D eigenvalue weighted by atomic mass is 9.90. The van der Waals surface area contributed by atoms with Gasteiger partial charge in [0.1, 0.15) is 0 Å². The summed E-state index contributed by atoms with van der Waals surface area (Å²) in [4.78, 5) is 9.87. The monoisotopic (exact) mass is 314 g/mol. The molecule has 0 aliphatic carbocycles. The molecule has 19 heavy (non-hydrogen) atoms. The number of carbonyl (C=O) groups is 1. The number of rotatable bonds is 3. The van der Waals surface area contributed by atoms with Crippen molar-refractivity contribution in [2.24, 2.45) is 0 Å². The summed E-state index contributed by atoms with van der Waals surface area (Å²) in [5.41, 5.74) is 0.581. The highest BCUT2D eigenvalue weighted by molar-refractivity contribution is 6.41. The lowest BCUT2D eigenvalue weighted by Crippen LogP contribution is -2.31. The number of aliphatic carboxylic acids is 1. The molecule has 98 valence electrons. The van der Waals surface area contributed by atoms with E-state index in [0.29, 0.717) is 11.1 Å². The molecule has 0 saturated heterocycles. The minimum absolute atomic E-state index is 0.278. The first-order valence-electron chi connectivity index (χ1n) is 5.40. The van der Waals surface area contributed by atoms with E-state index >= 15 is 0 Å². The summed E-state index contributed by atoms with van der Waals surface area (Å²) in [5, 5.41) is 10.1. The molecule has 0 saturated carbocycles. The summed E-state index contributed by atoms with van der Waals surface area (Å²) >= 11 is 18.5. The second kappa shape index (κ2) is 5.41. The van der Waals surface area contributed by atoms with Crippen LogP contribution in [0.4, 0.5) is 0 Å². The van der Waals surface area contributed by atoms with Crippen molar-refractivity contribution in [2.75, 3.05) is 0 Å². The van der Waals surface area contributed by atoms with Crippen LogP contribution in [0.2, 0.25) is 10.0 Å². The maximum atomic E-state index is 11.7. The topological polar surface area (TPSA) is 37.3 Å². The molecular weight excluding hydrogens is 307 g/mol. The van der Waals surface area contributed by atoms with E-state index < -0.39 is 10.8 Å². The summed E-state index contributed by atoms with van der Waals surface area (Å²) in [6, 6.07) is 13.1. The molecule has 0 spiro atoms. The summed E-state index contributed by atoms with van der Waals surface area (Å²) < 4.78 is 0. The molecule has 0 bridgehead atoms. The van der Waals surface area contributed by atoms with Crippen molar-refractivity contribution in [3.8, 4) is 0 Å². The predicted octanol–water partition coefficient (Wildman–Crippen LogP) is 4.56. The van der Waals surface area contributed by atoms with Gasteiger partial charge in [0.2, 0.25) is 0 Å². The van der Waals surface area contributed by atoms with E-state index in [1.807, 2.05) is 0 Å². The van der Waals surface area contributed by atoms with Crippen LogP contribution in [0.1, 0.15) is 11.1 Å². The largest absolute Gasteiger partial charge is 0.479 e. The number of hydrogen-bond acceptors (Lipinski definition) is 1. The molecule has 0 radical (unpaired) electrons. The fraction of sp³-hybridized carbons (Fsp3) is 0.0714. The first-order valence-corrected chi connectivity index (χ1v) is 6.53. The summed E-state index contributed by atoms with van der Waals surface area (Å²) in [6.07, 6.45) is 0. The van der Waals surface area contributed by atoms with Crippen LogP contribution >= 0.6 is 34.8 Å². The summed E-state index contributed by atoms with van der Waals surface area (Å²) in [7, 11) is 0. The van der Waals surface area contributed by atoms with E-state index in [-0.39, 0.29) is 10.0 Å². The number of hydrogen-bond donors (Lipinski definition) is 1. The van der Waals surface area contributed by atoms with Crippen LogP contribution in [-0.4, -0.2) is 11.1 Å². The van der Waals surface area contributed by atoms with Crippen molar-refractivity contribution in [1.29, 1.82) is 0 Å². The first kappa shape index (κ1) is 14.2. The van der Waals surface area contributed by atoms with Crippen molar-refractivity contribution in [2.45, 2.75) is 4.87 Å². The summed E-state index contributed by atoms with van der Waals surface area (Å²) in [5.74, 6) is -1.23. The quantitative estimate of drug-likeness (QED) is 0.843. The van der Waals surface area contributed by atoms with Crippen LogP contribution in [0.5, 0.6) is 0 Å². The zero-order valence-corrected chi connectivity index (χ0v) is 11.9. The van der Waals surface area contributed by atoms with Gasteiger partial charge < -0.3 is 5.11 Å². The summed E-state index contributed by atoms with van der Waals surface area (Å²) in [6.45, 7) is 0. The Bertz CT molecular complexity index is 580. The van der Waals surface area contributed by atoms with Gasteiger partial charge in [0, 0.05) is 21.2 Å². The number of carboxylic acids is 1. The van der Waals surface area contributed by atoms with Gasteiger partial charge >= 0.3 is 5.97 Å². The van der Waals surface area contributed by atoms with Crippen LogP contribution in [0.25, 0.3) is 0 Å². The van der Waals surface area contributed by atoms with Crippen LogP contribution in [0.15, 0.2) is 48.5 Å². The second-order valence-corrected chi connectivity index (χ2v) is 5.30. The van der Waals surface area contributed by atoms with E-state index in [2.05, 4.69) is 0 Å². The predicted molar refractivity (Wildman–Crippen MR) is 77.2 cm³/mol. The van der Waals surface area contributed by atoms with Crippen molar-refractivity contribution in [3.05, 3.63) is 69.7 Å². The van der Waals surface area contributed by atoms with Gasteiger partial charge in [0.05, 0.1) is 0 Å². The van der Waals surface area contributed by atoms with Crippen LogP contribution in [0.3, 0.4) is 0 Å². The smallest absolute Gasteiger partial charge is 0.334 e. The van der Waals surface area contributed by atoms with Gasteiger partial charge in [-0.3, -0.25) is 0 Å². The fourth-order valence-electron chi connectivity index (χ4n) is 1.86. The average Bonchev–Trinajstić information content (AvgIpc) is 2.38. The highest BCUT2D eigenvalue weighted by Crippen LogP contribution is 2.43. The molecule has 2 nitrogen and oxygen atoms in total. The molecule has 1 N–H and O–H groups in total. The van der Waals surface area contributed by atoms with Crippen LogP contribution in [0, 0.1) is 0 Å². The Kier molecular flexibility index (Phi) is 4.04. The molecule has 0 fully saturated rings. The standard InChI is InChI=1S/C14H9Cl3O2/c15-11-7-3-1-5-9(11)14(17,13(18)19)10-6-2-4-8-12(10)16/h1-8H,(H,18,19). The fourth-order valence-corrected chi connectivity index (χ4v) is 2.84. The highest BCUT2D eigenvalue weighted by Gasteiger charge is 2.43. The van der Waals surface area contributed by atoms with Gasteiger partial charge in [0.25, 0.3) is 0 Å². The van der Waals surface area contributed by atoms with Crippen molar-refractivity contribution in [3.63, 3.8) is 0 Å². The second-order valence-electron chi connectivity index (χ2n) is 3.92. The number of carboxylic acid groups (broad SMARTS) is 1. The van der Waals surface area contributed by atoms with Gasteiger partial charge in [-0.05, 0) is 12.1 Å². The molecule has 0 aromatic heterocycles. The molecule has 0 unspecified atom stereocenters. The molecule has 2 aromatic rings. The molecule has 2 rings (SSSR count). The Labute approximate surface area is 125 Å². The molecule has 0 aliphatic heterocycles. The molecule has 2 aromatic carbocycles. The average molecular weight is 316 g/mol. The third-order valence-corrected chi connectivity index (χ3v) is 4.01. The van der Waals surface area contributed by atoms with Gasteiger partial charge in [-0.25, -0.2) is 4.79 Å². The van der Waals surface area contributed by atoms with Gasteiger partial charge in [-0.1, -0.05) is 71.2 Å². The minimum Gasteiger partial charge on any atom is -0.479 e.